The molecular formula is C13H18BrNO4S. The summed E-state index contributed by atoms with van der Waals surface area (Å²) in [6.07, 6.45) is 0.733. The number of sulfonamides is 1. The second-order valence-corrected chi connectivity index (χ2v) is 7.29. The van der Waals surface area contributed by atoms with Crippen LogP contribution < -0.4 is 4.74 Å². The summed E-state index contributed by atoms with van der Waals surface area (Å²) in [6, 6.07) is 4.70. The molecule has 0 radical (unpaired) electrons. The lowest BCUT2D eigenvalue weighted by Crippen LogP contribution is -2.48. The van der Waals surface area contributed by atoms with E-state index in [0.29, 0.717) is 30.0 Å². The summed E-state index contributed by atoms with van der Waals surface area (Å²) in [5.41, 5.74) is 0. The lowest BCUT2D eigenvalue weighted by Gasteiger charge is -2.34. The molecule has 1 heterocycles. The van der Waals surface area contributed by atoms with Crippen molar-refractivity contribution in [3.63, 3.8) is 0 Å². The third kappa shape index (κ3) is 3.00. The predicted octanol–water partition coefficient (Wildman–Crippen LogP) is 2.26. The minimum Gasteiger partial charge on any atom is -0.496 e. The van der Waals surface area contributed by atoms with Gasteiger partial charge in [0.1, 0.15) is 5.75 Å². The van der Waals surface area contributed by atoms with Crippen molar-refractivity contribution < 1.29 is 17.9 Å². The van der Waals surface area contributed by atoms with Crippen molar-refractivity contribution in [1.82, 2.24) is 4.31 Å². The summed E-state index contributed by atoms with van der Waals surface area (Å²) in [4.78, 5) is 0.269. The van der Waals surface area contributed by atoms with E-state index in [1.54, 1.807) is 25.3 Å². The number of morpholine rings is 1. The van der Waals surface area contributed by atoms with Gasteiger partial charge >= 0.3 is 0 Å². The van der Waals surface area contributed by atoms with Gasteiger partial charge in [-0.15, -0.1) is 0 Å². The zero-order chi connectivity index (χ0) is 14.8. The molecule has 7 heteroatoms. The monoisotopic (exact) mass is 363 g/mol. The summed E-state index contributed by atoms with van der Waals surface area (Å²) in [5, 5.41) is 0. The van der Waals surface area contributed by atoms with Crippen molar-refractivity contribution >= 4 is 26.0 Å². The van der Waals surface area contributed by atoms with Crippen molar-refractivity contribution in [3.05, 3.63) is 22.7 Å². The van der Waals surface area contributed by atoms with Crippen LogP contribution in [0.5, 0.6) is 5.75 Å². The first-order chi connectivity index (χ1) is 9.50. The van der Waals surface area contributed by atoms with Crippen LogP contribution in [-0.2, 0) is 14.8 Å². The van der Waals surface area contributed by atoms with Gasteiger partial charge in [-0.3, -0.25) is 0 Å². The van der Waals surface area contributed by atoms with Crippen LogP contribution >= 0.6 is 15.9 Å². The Bertz CT molecular complexity index is 576. The fourth-order valence-electron chi connectivity index (χ4n) is 2.22. The summed E-state index contributed by atoms with van der Waals surface area (Å²) >= 11 is 3.32. The van der Waals surface area contributed by atoms with E-state index in [2.05, 4.69) is 15.9 Å². The van der Waals surface area contributed by atoms with Gasteiger partial charge in [0.25, 0.3) is 0 Å². The first kappa shape index (κ1) is 15.8. The number of hydrogen-bond acceptors (Lipinski definition) is 4. The zero-order valence-corrected chi connectivity index (χ0v) is 13.9. The van der Waals surface area contributed by atoms with Crippen LogP contribution in [0.25, 0.3) is 0 Å². The highest BCUT2D eigenvalue weighted by Gasteiger charge is 2.33. The van der Waals surface area contributed by atoms with Crippen molar-refractivity contribution in [2.45, 2.75) is 24.3 Å². The Labute approximate surface area is 128 Å². The van der Waals surface area contributed by atoms with Crippen LogP contribution in [0.1, 0.15) is 13.3 Å². The van der Waals surface area contributed by atoms with E-state index >= 15 is 0 Å². The van der Waals surface area contributed by atoms with Gasteiger partial charge in [0.05, 0.1) is 29.7 Å². The maximum atomic E-state index is 12.7. The van der Waals surface area contributed by atoms with E-state index in [0.717, 1.165) is 6.42 Å². The topological polar surface area (TPSA) is 55.8 Å². The van der Waals surface area contributed by atoms with Crippen LogP contribution in [0.4, 0.5) is 0 Å². The number of methoxy groups -OCH3 is 1. The van der Waals surface area contributed by atoms with Gasteiger partial charge in [-0.1, -0.05) is 6.92 Å². The number of ether oxygens (including phenoxy) is 2. The van der Waals surface area contributed by atoms with Gasteiger partial charge in [-0.05, 0) is 40.5 Å². The van der Waals surface area contributed by atoms with E-state index in [4.69, 9.17) is 9.47 Å². The molecule has 0 aromatic heterocycles. The Hall–Kier alpha value is -0.630. The number of nitrogens with zero attached hydrogens (tertiary/aromatic N) is 1. The minimum absolute atomic E-state index is 0.102. The molecular weight excluding hydrogens is 346 g/mol. The fraction of sp³-hybridized carbons (Fsp3) is 0.538. The highest BCUT2D eigenvalue weighted by molar-refractivity contribution is 9.10. The molecule has 1 saturated heterocycles. The Morgan fingerprint density at radius 2 is 2.25 bits per heavy atom. The van der Waals surface area contributed by atoms with Crippen molar-refractivity contribution in [1.29, 1.82) is 0 Å². The Morgan fingerprint density at radius 3 is 2.85 bits per heavy atom. The Kier molecular flexibility index (Phi) is 5.06. The summed E-state index contributed by atoms with van der Waals surface area (Å²) in [6.45, 7) is 3.25. The number of rotatable bonds is 4. The molecule has 112 valence electrons. The minimum atomic E-state index is -3.50. The summed E-state index contributed by atoms with van der Waals surface area (Å²) in [5.74, 6) is 0.609. The van der Waals surface area contributed by atoms with Crippen molar-refractivity contribution in [2.75, 3.05) is 26.9 Å². The molecule has 5 nitrogen and oxygen atoms in total. The second-order valence-electron chi connectivity index (χ2n) is 4.55. The molecule has 1 fully saturated rings. The zero-order valence-electron chi connectivity index (χ0n) is 11.5. The number of benzene rings is 1. The molecule has 1 aliphatic rings. The molecule has 20 heavy (non-hydrogen) atoms. The average Bonchev–Trinajstić information content (AvgIpc) is 2.47. The SMILES string of the molecule is CCC1COCCN1S(=O)(=O)c1ccc(OC)c(Br)c1. The van der Waals surface area contributed by atoms with Gasteiger partial charge in [0.15, 0.2) is 0 Å². The maximum absolute atomic E-state index is 12.7. The van der Waals surface area contributed by atoms with E-state index in [1.807, 2.05) is 6.92 Å². The molecule has 0 aliphatic carbocycles. The lowest BCUT2D eigenvalue weighted by atomic mass is 10.2. The van der Waals surface area contributed by atoms with Crippen LogP contribution in [-0.4, -0.2) is 45.6 Å². The largest absolute Gasteiger partial charge is 0.496 e. The first-order valence-corrected chi connectivity index (χ1v) is 8.67. The smallest absolute Gasteiger partial charge is 0.243 e. The summed E-state index contributed by atoms with van der Waals surface area (Å²) < 4.78 is 38.1. The quantitative estimate of drug-likeness (QED) is 0.823. The van der Waals surface area contributed by atoms with Gasteiger partial charge in [0.2, 0.25) is 10.0 Å². The predicted molar refractivity (Wildman–Crippen MR) is 79.5 cm³/mol. The molecule has 1 aromatic carbocycles. The van der Waals surface area contributed by atoms with Crippen LogP contribution in [0.15, 0.2) is 27.6 Å². The molecule has 0 amide bonds. The van der Waals surface area contributed by atoms with Gasteiger partial charge < -0.3 is 9.47 Å². The van der Waals surface area contributed by atoms with Crippen LogP contribution in [0.3, 0.4) is 0 Å². The van der Waals surface area contributed by atoms with Gasteiger partial charge in [0, 0.05) is 12.6 Å². The third-order valence-corrected chi connectivity index (χ3v) is 5.94. The Morgan fingerprint density at radius 1 is 1.50 bits per heavy atom. The lowest BCUT2D eigenvalue weighted by molar-refractivity contribution is 0.0314. The second kappa shape index (κ2) is 6.43. The maximum Gasteiger partial charge on any atom is 0.243 e. The molecule has 2 rings (SSSR count). The summed E-state index contributed by atoms with van der Waals surface area (Å²) in [7, 11) is -1.96. The van der Waals surface area contributed by atoms with Crippen molar-refractivity contribution in [3.8, 4) is 5.75 Å². The number of hydrogen-bond donors (Lipinski definition) is 0. The molecule has 1 aliphatic heterocycles. The fourth-order valence-corrected chi connectivity index (χ4v) is 4.61. The third-order valence-electron chi connectivity index (χ3n) is 3.37. The molecule has 0 bridgehead atoms. The van der Waals surface area contributed by atoms with Crippen molar-refractivity contribution in [2.24, 2.45) is 0 Å². The van der Waals surface area contributed by atoms with Crippen LogP contribution in [0.2, 0.25) is 0 Å². The molecule has 1 atom stereocenters. The molecule has 0 N–H and O–H groups in total. The highest BCUT2D eigenvalue weighted by atomic mass is 79.9. The normalized spacial score (nSPS) is 20.9. The highest BCUT2D eigenvalue weighted by Crippen LogP contribution is 2.30. The van der Waals surface area contributed by atoms with Gasteiger partial charge in [-0.25, -0.2) is 8.42 Å². The van der Waals surface area contributed by atoms with E-state index in [1.165, 1.54) is 4.31 Å². The van der Waals surface area contributed by atoms with E-state index in [9.17, 15) is 8.42 Å². The molecule has 1 aromatic rings. The first-order valence-electron chi connectivity index (χ1n) is 6.43. The molecule has 0 saturated carbocycles. The van der Waals surface area contributed by atoms with Gasteiger partial charge in [-0.2, -0.15) is 4.31 Å². The Balaban J connectivity index is 2.36. The molecule has 1 unspecified atom stereocenters. The number of halogens is 1. The standard InChI is InChI=1S/C13H18BrNO4S/c1-3-10-9-19-7-6-15(10)20(16,17)11-4-5-13(18-2)12(14)8-11/h4-5,8,10H,3,6-7,9H2,1-2H3. The van der Waals surface area contributed by atoms with Crippen LogP contribution in [0, 0.1) is 0 Å². The van der Waals surface area contributed by atoms with E-state index in [-0.39, 0.29) is 10.9 Å². The average molecular weight is 364 g/mol. The van der Waals surface area contributed by atoms with E-state index < -0.39 is 10.0 Å². The molecule has 0 spiro atoms.